The summed E-state index contributed by atoms with van der Waals surface area (Å²) in [5.74, 6) is -1.71. The van der Waals surface area contributed by atoms with Crippen LogP contribution in [0.25, 0.3) is 0 Å². The average Bonchev–Trinajstić information content (AvgIpc) is 3.00. The van der Waals surface area contributed by atoms with Crippen LogP contribution in [0, 0.1) is 0 Å². The SMILES string of the molecule is O=c1ccn([C@@H]2O[C@H](COP(=O)([O-])CP(=O)([O-])O[C@H]3OC[C@@H](O)[C@H](O)[C@H]3O)[C@@H](O)[C@H]2O)c(=O)[nH]1.[Na+].[Na+]. The minimum atomic E-state index is -5.29. The van der Waals surface area contributed by atoms with E-state index in [-0.39, 0.29) is 59.1 Å². The Morgan fingerprint density at radius 2 is 1.67 bits per heavy atom. The van der Waals surface area contributed by atoms with E-state index in [1.807, 2.05) is 4.98 Å². The van der Waals surface area contributed by atoms with E-state index in [0.29, 0.717) is 0 Å². The number of rotatable bonds is 8. The number of aliphatic hydroxyl groups is 5. The largest absolute Gasteiger partial charge is 1.00 e. The molecule has 1 aromatic rings. The molecule has 2 fully saturated rings. The first kappa shape index (κ1) is 34.7. The first-order valence-electron chi connectivity index (χ1n) is 9.63. The second-order valence-corrected chi connectivity index (χ2v) is 11.6. The van der Waals surface area contributed by atoms with Crippen LogP contribution in [0.4, 0.5) is 0 Å². The van der Waals surface area contributed by atoms with Crippen molar-refractivity contribution in [2.24, 2.45) is 0 Å². The second-order valence-electron chi connectivity index (χ2n) is 7.58. The molecule has 0 saturated carbocycles. The Balaban J connectivity index is 0.00000324. The normalized spacial score (nSPS) is 35.6. The standard InChI is InChI=1S/C15H24N2O15P2.2Na/c18-6-3-29-14(12(23)9(6)20)32-34(27,28)5-33(25,26)30-4-7-10(21)11(22)13(31-7)17-2-1-8(19)16-15(17)24;;/h1-2,6-7,9-14,18,20-23H,3-5H2,(H,25,26)(H,27,28)(H,16,19,24);;/q;2*+1/p-2/t6-,7-,9+,10-,11-,12-,13-,14-;;/m1../s1. The minimum Gasteiger partial charge on any atom is -0.778 e. The minimum absolute atomic E-state index is 0. The van der Waals surface area contributed by atoms with E-state index >= 15 is 0 Å². The zero-order chi connectivity index (χ0) is 25.4. The van der Waals surface area contributed by atoms with Crippen LogP contribution in [-0.2, 0) is 27.7 Å². The fraction of sp³-hybridized carbons (Fsp3) is 0.733. The molecule has 10 atom stereocenters. The Labute approximate surface area is 246 Å². The monoisotopic (exact) mass is 578 g/mol. The number of aliphatic hydroxyl groups excluding tert-OH is 5. The Hall–Kier alpha value is 0.700. The third-order valence-corrected chi connectivity index (χ3v) is 8.81. The van der Waals surface area contributed by atoms with Gasteiger partial charge in [0.1, 0.15) is 51.8 Å². The van der Waals surface area contributed by atoms with Crippen LogP contribution in [0.5, 0.6) is 0 Å². The smallest absolute Gasteiger partial charge is 0.778 e. The quantitative estimate of drug-likeness (QED) is 0.123. The van der Waals surface area contributed by atoms with Gasteiger partial charge in [-0.05, 0) is 0 Å². The molecular formula is C15H22N2Na2O15P2. The first-order valence-corrected chi connectivity index (χ1v) is 13.1. The van der Waals surface area contributed by atoms with Crippen molar-refractivity contribution in [1.82, 2.24) is 9.55 Å². The zero-order valence-electron chi connectivity index (χ0n) is 19.1. The molecule has 17 nitrogen and oxygen atoms in total. The maximum Gasteiger partial charge on any atom is 1.00 e. The van der Waals surface area contributed by atoms with Gasteiger partial charge in [0.2, 0.25) is 0 Å². The van der Waals surface area contributed by atoms with Gasteiger partial charge in [-0.1, -0.05) is 0 Å². The maximum absolute atomic E-state index is 12.1. The number of aromatic amines is 1. The van der Waals surface area contributed by atoms with Crippen molar-refractivity contribution in [3.8, 4) is 0 Å². The molecule has 3 heterocycles. The van der Waals surface area contributed by atoms with Gasteiger partial charge in [-0.25, -0.2) is 4.79 Å². The van der Waals surface area contributed by atoms with Crippen LogP contribution < -0.4 is 80.2 Å². The average molecular weight is 578 g/mol. The number of nitrogens with zero attached hydrogens (tertiary/aromatic N) is 1. The summed E-state index contributed by atoms with van der Waals surface area (Å²) in [5, 5.41) is 48.8. The molecule has 0 spiro atoms. The zero-order valence-corrected chi connectivity index (χ0v) is 24.8. The summed E-state index contributed by atoms with van der Waals surface area (Å²) < 4.78 is 44.0. The Morgan fingerprint density at radius 1 is 1.03 bits per heavy atom. The van der Waals surface area contributed by atoms with E-state index < -0.39 is 94.7 Å². The van der Waals surface area contributed by atoms with Crippen LogP contribution in [-0.4, -0.2) is 97.1 Å². The van der Waals surface area contributed by atoms with E-state index in [2.05, 4.69) is 9.05 Å². The molecule has 0 aromatic carbocycles. The predicted molar refractivity (Wildman–Crippen MR) is 102 cm³/mol. The van der Waals surface area contributed by atoms with Crippen molar-refractivity contribution in [2.75, 3.05) is 19.1 Å². The molecule has 2 saturated heterocycles. The van der Waals surface area contributed by atoms with Gasteiger partial charge in [-0.2, -0.15) is 0 Å². The summed E-state index contributed by atoms with van der Waals surface area (Å²) in [7, 11) is -10.5. The molecule has 194 valence electrons. The van der Waals surface area contributed by atoms with Crippen LogP contribution in [0.1, 0.15) is 6.23 Å². The van der Waals surface area contributed by atoms with E-state index in [1.165, 1.54) is 0 Å². The van der Waals surface area contributed by atoms with E-state index in [9.17, 15) is 54.0 Å². The number of ether oxygens (including phenoxy) is 2. The molecule has 0 amide bonds. The third-order valence-electron chi connectivity index (χ3n) is 4.96. The number of hydrogen-bond acceptors (Lipinski definition) is 15. The number of nitrogens with one attached hydrogen (secondary N) is 1. The molecule has 2 aliphatic rings. The Morgan fingerprint density at radius 3 is 2.28 bits per heavy atom. The molecule has 36 heavy (non-hydrogen) atoms. The van der Waals surface area contributed by atoms with Gasteiger partial charge in [-0.3, -0.25) is 14.3 Å². The van der Waals surface area contributed by atoms with Gasteiger partial charge in [0.25, 0.3) is 5.56 Å². The first-order chi connectivity index (χ1) is 15.7. The molecule has 0 radical (unpaired) electrons. The van der Waals surface area contributed by atoms with E-state index in [4.69, 9.17) is 9.47 Å². The van der Waals surface area contributed by atoms with Crippen molar-refractivity contribution >= 4 is 15.2 Å². The van der Waals surface area contributed by atoms with Crippen molar-refractivity contribution < 1.29 is 122 Å². The van der Waals surface area contributed by atoms with Crippen molar-refractivity contribution in [3.05, 3.63) is 33.1 Å². The van der Waals surface area contributed by atoms with Gasteiger partial charge in [0.15, 0.2) is 12.5 Å². The number of hydrogen-bond donors (Lipinski definition) is 6. The topological polar surface area (TPSA) is 273 Å². The Kier molecular flexibility index (Phi) is 13.4. The summed E-state index contributed by atoms with van der Waals surface area (Å²) in [5.41, 5.74) is -1.71. The molecule has 2 aliphatic heterocycles. The van der Waals surface area contributed by atoms with Crippen LogP contribution >= 0.6 is 15.2 Å². The fourth-order valence-electron chi connectivity index (χ4n) is 3.23. The molecule has 21 heteroatoms. The van der Waals surface area contributed by atoms with Gasteiger partial charge in [-0.15, -0.1) is 0 Å². The predicted octanol–water partition coefficient (Wildman–Crippen LogP) is -11.3. The van der Waals surface area contributed by atoms with Crippen LogP contribution in [0.2, 0.25) is 0 Å². The van der Waals surface area contributed by atoms with Crippen LogP contribution in [0.3, 0.4) is 0 Å². The summed E-state index contributed by atoms with van der Waals surface area (Å²) in [6.07, 6.45) is -12.8. The van der Waals surface area contributed by atoms with Gasteiger partial charge >= 0.3 is 64.8 Å². The maximum atomic E-state index is 12.1. The molecule has 1 aromatic heterocycles. The molecule has 6 N–H and O–H groups in total. The molecule has 3 rings (SSSR count). The number of aromatic nitrogens is 2. The molecular weight excluding hydrogens is 556 g/mol. The summed E-state index contributed by atoms with van der Waals surface area (Å²) >= 11 is 0. The van der Waals surface area contributed by atoms with E-state index in [0.717, 1.165) is 16.8 Å². The summed E-state index contributed by atoms with van der Waals surface area (Å²) in [4.78, 5) is 49.2. The van der Waals surface area contributed by atoms with Gasteiger partial charge in [0.05, 0.1) is 19.1 Å². The summed E-state index contributed by atoms with van der Waals surface area (Å²) in [6.45, 7) is -1.55. The van der Waals surface area contributed by atoms with Gasteiger partial charge < -0.3 is 63.0 Å². The van der Waals surface area contributed by atoms with Crippen molar-refractivity contribution in [2.45, 2.75) is 49.1 Å². The molecule has 0 bridgehead atoms. The molecule has 0 aliphatic carbocycles. The van der Waals surface area contributed by atoms with Crippen molar-refractivity contribution in [1.29, 1.82) is 0 Å². The second kappa shape index (κ2) is 13.9. The Bertz CT molecular complexity index is 1090. The number of H-pyrrole nitrogens is 1. The van der Waals surface area contributed by atoms with Crippen LogP contribution in [0.15, 0.2) is 21.9 Å². The summed E-state index contributed by atoms with van der Waals surface area (Å²) in [6, 6.07) is 0.942. The molecule has 2 unspecified atom stereocenters. The fourth-order valence-corrected chi connectivity index (χ4v) is 6.39. The van der Waals surface area contributed by atoms with E-state index in [1.54, 1.807) is 0 Å². The third kappa shape index (κ3) is 8.60. The van der Waals surface area contributed by atoms with Gasteiger partial charge in [0, 0.05) is 12.3 Å². The van der Waals surface area contributed by atoms with Crippen molar-refractivity contribution in [3.63, 3.8) is 0 Å².